The molecule has 2 atom stereocenters. The molecular weight excluding hydrogens is 495 g/mol. The fraction of sp³-hybridized carbons (Fsp3) is 0.360. The SMILES string of the molecule is CC(=O)N1c2ccccc2C(=O)[C@@H]1[C@]1(NC(=O)OC(C)(C)C)C(=O)N(C)c2ccc(OC(F)(F)F)cc21. The van der Waals surface area contributed by atoms with Crippen LogP contribution in [-0.2, 0) is 19.9 Å². The van der Waals surface area contributed by atoms with Gasteiger partial charge in [-0.3, -0.25) is 19.3 Å². The van der Waals surface area contributed by atoms with Crippen molar-refractivity contribution in [1.29, 1.82) is 0 Å². The van der Waals surface area contributed by atoms with E-state index in [1.54, 1.807) is 32.9 Å². The number of anilines is 2. The summed E-state index contributed by atoms with van der Waals surface area (Å²) in [5.74, 6) is -2.84. The fourth-order valence-electron chi connectivity index (χ4n) is 4.77. The van der Waals surface area contributed by atoms with E-state index >= 15 is 0 Å². The lowest BCUT2D eigenvalue weighted by atomic mass is 9.80. The molecule has 2 heterocycles. The van der Waals surface area contributed by atoms with E-state index in [0.717, 1.165) is 21.9 Å². The Morgan fingerprint density at radius 2 is 1.68 bits per heavy atom. The number of para-hydroxylation sites is 1. The Morgan fingerprint density at radius 1 is 1.03 bits per heavy atom. The predicted octanol–water partition coefficient (Wildman–Crippen LogP) is 3.90. The zero-order valence-corrected chi connectivity index (χ0v) is 20.6. The first-order valence-corrected chi connectivity index (χ1v) is 11.2. The number of carbonyl (C=O) groups is 4. The second-order valence-electron chi connectivity index (χ2n) is 9.70. The first-order valence-electron chi connectivity index (χ1n) is 11.2. The van der Waals surface area contributed by atoms with Crippen molar-refractivity contribution in [3.8, 4) is 5.75 Å². The Labute approximate surface area is 210 Å². The largest absolute Gasteiger partial charge is 0.573 e. The highest BCUT2D eigenvalue weighted by Crippen LogP contribution is 2.49. The van der Waals surface area contributed by atoms with Gasteiger partial charge in [0, 0.05) is 30.8 Å². The number of carbonyl (C=O) groups excluding carboxylic acids is 4. The molecule has 2 aliphatic rings. The van der Waals surface area contributed by atoms with E-state index in [9.17, 15) is 32.3 Å². The lowest BCUT2D eigenvalue weighted by Crippen LogP contribution is -2.66. The van der Waals surface area contributed by atoms with Crippen molar-refractivity contribution in [1.82, 2.24) is 5.32 Å². The number of nitrogens with zero attached hydrogens (tertiary/aromatic N) is 2. The monoisotopic (exact) mass is 519 g/mol. The molecule has 0 bridgehead atoms. The summed E-state index contributed by atoms with van der Waals surface area (Å²) < 4.78 is 48.6. The first-order chi connectivity index (χ1) is 17.1. The number of hydrogen-bond acceptors (Lipinski definition) is 6. The lowest BCUT2D eigenvalue weighted by molar-refractivity contribution is -0.274. The maximum atomic E-state index is 13.9. The van der Waals surface area contributed by atoms with E-state index in [2.05, 4.69) is 10.1 Å². The number of ketones is 1. The summed E-state index contributed by atoms with van der Waals surface area (Å²) in [6.45, 7) is 5.90. The third-order valence-electron chi connectivity index (χ3n) is 6.01. The number of nitrogens with one attached hydrogen (secondary N) is 1. The van der Waals surface area contributed by atoms with Crippen molar-refractivity contribution >= 4 is 35.1 Å². The number of ether oxygens (including phenoxy) is 2. The normalized spacial score (nSPS) is 21.0. The highest BCUT2D eigenvalue weighted by Gasteiger charge is 2.64. The molecule has 0 spiro atoms. The van der Waals surface area contributed by atoms with Crippen LogP contribution in [0.2, 0.25) is 0 Å². The molecule has 0 saturated carbocycles. The molecule has 9 nitrogen and oxygen atoms in total. The number of rotatable bonds is 3. The first kappa shape index (κ1) is 26.0. The van der Waals surface area contributed by atoms with Gasteiger partial charge in [0.1, 0.15) is 17.4 Å². The summed E-state index contributed by atoms with van der Waals surface area (Å²) in [4.78, 5) is 55.8. The molecule has 0 aliphatic carbocycles. The minimum atomic E-state index is -5.05. The standard InChI is InChI=1S/C25H24F3N3O6/c1-13(32)31-17-9-7-6-8-15(17)19(33)20(31)24(29-22(35)37-23(2,3)4)16-12-14(36-25(26,27)28)10-11-18(16)30(5)21(24)34/h6-12,20H,1-5H3,(H,29,35)/t20-,24+/m1/s1. The predicted molar refractivity (Wildman–Crippen MR) is 125 cm³/mol. The number of halogens is 3. The molecule has 3 amide bonds. The summed E-state index contributed by atoms with van der Waals surface area (Å²) >= 11 is 0. The second-order valence-corrected chi connectivity index (χ2v) is 9.70. The number of amides is 3. The van der Waals surface area contributed by atoms with Crippen LogP contribution in [-0.4, -0.2) is 48.7 Å². The van der Waals surface area contributed by atoms with Crippen molar-refractivity contribution in [2.45, 2.75) is 51.2 Å². The summed E-state index contributed by atoms with van der Waals surface area (Å²) in [6.07, 6.45) is -6.16. The molecular formula is C25H24F3N3O6. The van der Waals surface area contributed by atoms with Crippen LogP contribution < -0.4 is 19.9 Å². The van der Waals surface area contributed by atoms with E-state index in [4.69, 9.17) is 4.74 Å². The van der Waals surface area contributed by atoms with Crippen LogP contribution in [0, 0.1) is 0 Å². The fourth-order valence-corrected chi connectivity index (χ4v) is 4.77. The molecule has 0 saturated heterocycles. The molecule has 1 N–H and O–H groups in total. The molecule has 2 aromatic rings. The van der Waals surface area contributed by atoms with Crippen LogP contribution >= 0.6 is 0 Å². The summed E-state index contributed by atoms with van der Waals surface area (Å²) in [7, 11) is 1.34. The number of likely N-dealkylation sites (N-methyl/N-ethyl adjacent to an activating group) is 1. The van der Waals surface area contributed by atoms with Crippen LogP contribution in [0.1, 0.15) is 43.6 Å². The van der Waals surface area contributed by atoms with Gasteiger partial charge >= 0.3 is 12.5 Å². The molecule has 0 fully saturated rings. The van der Waals surface area contributed by atoms with E-state index < -0.39 is 53.0 Å². The van der Waals surface area contributed by atoms with Crippen molar-refractivity contribution < 1.29 is 41.8 Å². The quantitative estimate of drug-likeness (QED) is 0.660. The molecule has 12 heteroatoms. The van der Waals surface area contributed by atoms with Gasteiger partial charge in [-0.15, -0.1) is 13.2 Å². The topological polar surface area (TPSA) is 105 Å². The molecule has 2 aliphatic heterocycles. The van der Waals surface area contributed by atoms with Gasteiger partial charge in [0.15, 0.2) is 11.3 Å². The third kappa shape index (κ3) is 4.36. The summed E-state index contributed by atoms with van der Waals surface area (Å²) in [6, 6.07) is 7.60. The van der Waals surface area contributed by atoms with Gasteiger partial charge in [0.25, 0.3) is 5.91 Å². The third-order valence-corrected chi connectivity index (χ3v) is 6.01. The van der Waals surface area contributed by atoms with E-state index in [0.29, 0.717) is 0 Å². The van der Waals surface area contributed by atoms with Gasteiger partial charge in [-0.2, -0.15) is 0 Å². The van der Waals surface area contributed by atoms with Gasteiger partial charge in [0.05, 0.1) is 5.69 Å². The van der Waals surface area contributed by atoms with E-state index in [1.165, 1.54) is 32.2 Å². The molecule has 0 radical (unpaired) electrons. The van der Waals surface area contributed by atoms with Crippen LogP contribution in [0.5, 0.6) is 5.75 Å². The van der Waals surface area contributed by atoms with Crippen LogP contribution in [0.15, 0.2) is 42.5 Å². The molecule has 196 valence electrons. The Morgan fingerprint density at radius 3 is 2.27 bits per heavy atom. The van der Waals surface area contributed by atoms with Crippen LogP contribution in [0.25, 0.3) is 0 Å². The van der Waals surface area contributed by atoms with Gasteiger partial charge in [0.2, 0.25) is 5.91 Å². The van der Waals surface area contributed by atoms with Crippen molar-refractivity contribution in [3.63, 3.8) is 0 Å². The smallest absolute Gasteiger partial charge is 0.444 e. The lowest BCUT2D eigenvalue weighted by Gasteiger charge is -2.38. The van der Waals surface area contributed by atoms with Crippen LogP contribution in [0.4, 0.5) is 29.3 Å². The number of alkyl halides is 3. The van der Waals surface area contributed by atoms with Crippen molar-refractivity contribution in [2.24, 2.45) is 0 Å². The second kappa shape index (κ2) is 8.49. The Bertz CT molecular complexity index is 1320. The van der Waals surface area contributed by atoms with Gasteiger partial charge in [-0.25, -0.2) is 4.79 Å². The van der Waals surface area contributed by atoms with Crippen molar-refractivity contribution in [3.05, 3.63) is 53.6 Å². The number of benzene rings is 2. The maximum absolute atomic E-state index is 13.9. The minimum Gasteiger partial charge on any atom is -0.444 e. The summed E-state index contributed by atoms with van der Waals surface area (Å²) in [5.41, 5.74) is -3.10. The highest BCUT2D eigenvalue weighted by atomic mass is 19.4. The molecule has 37 heavy (non-hydrogen) atoms. The molecule has 0 aromatic heterocycles. The Kier molecular flexibility index (Phi) is 5.97. The Balaban J connectivity index is 1.99. The maximum Gasteiger partial charge on any atom is 0.573 e. The molecule has 0 unspecified atom stereocenters. The molecule has 2 aromatic carbocycles. The molecule has 4 rings (SSSR count). The zero-order chi connectivity index (χ0) is 27.5. The Hall–Kier alpha value is -4.09. The van der Waals surface area contributed by atoms with Crippen molar-refractivity contribution in [2.75, 3.05) is 16.8 Å². The van der Waals surface area contributed by atoms with Crippen LogP contribution in [0.3, 0.4) is 0 Å². The number of alkyl carbamates (subject to hydrolysis) is 1. The average Bonchev–Trinajstić information content (AvgIpc) is 3.17. The van der Waals surface area contributed by atoms with Gasteiger partial charge in [-0.05, 0) is 51.1 Å². The highest BCUT2D eigenvalue weighted by molar-refractivity contribution is 6.23. The average molecular weight is 519 g/mol. The number of Topliss-reactive ketones (excluding diaryl/α,β-unsaturated/α-hetero) is 1. The van der Waals surface area contributed by atoms with Gasteiger partial charge in [-0.1, -0.05) is 12.1 Å². The number of hydrogen-bond donors (Lipinski definition) is 1. The van der Waals surface area contributed by atoms with Gasteiger partial charge < -0.3 is 19.7 Å². The van der Waals surface area contributed by atoms with E-state index in [1.807, 2.05) is 0 Å². The number of fused-ring (bicyclic) bond motifs is 2. The zero-order valence-electron chi connectivity index (χ0n) is 20.6. The van der Waals surface area contributed by atoms with E-state index in [-0.39, 0.29) is 22.5 Å². The summed E-state index contributed by atoms with van der Waals surface area (Å²) in [5, 5.41) is 2.46. The minimum absolute atomic E-state index is 0.111.